The molecule has 0 radical (unpaired) electrons. The first-order valence-corrected chi connectivity index (χ1v) is 8.74. The van der Waals surface area contributed by atoms with E-state index >= 15 is 0 Å². The molecule has 0 aliphatic rings. The zero-order chi connectivity index (χ0) is 19.2. The molecule has 0 atom stereocenters. The van der Waals surface area contributed by atoms with Gasteiger partial charge in [-0.25, -0.2) is 9.78 Å². The van der Waals surface area contributed by atoms with E-state index in [0.717, 1.165) is 15.6 Å². The van der Waals surface area contributed by atoms with Crippen LogP contribution in [-0.4, -0.2) is 27.7 Å². The van der Waals surface area contributed by atoms with Gasteiger partial charge in [0.05, 0.1) is 11.0 Å². The number of para-hydroxylation sites is 2. The first kappa shape index (κ1) is 18.4. The van der Waals surface area contributed by atoms with E-state index in [4.69, 9.17) is 4.74 Å². The van der Waals surface area contributed by atoms with E-state index in [-0.39, 0.29) is 17.2 Å². The maximum Gasteiger partial charge on any atom is 0.331 e. The van der Waals surface area contributed by atoms with Crippen molar-refractivity contribution in [2.45, 2.75) is 0 Å². The molecular weight excluding hydrogens is 410 g/mol. The zero-order valence-corrected chi connectivity index (χ0v) is 15.6. The number of nitrogens with one attached hydrogen (secondary N) is 1. The first-order chi connectivity index (χ1) is 13.1. The minimum Gasteiger partial charge on any atom is -0.507 e. The van der Waals surface area contributed by atoms with E-state index in [2.05, 4.69) is 25.9 Å². The Morgan fingerprint density at radius 1 is 1.30 bits per heavy atom. The average molecular weight is 424 g/mol. The van der Waals surface area contributed by atoms with E-state index in [0.29, 0.717) is 5.52 Å². The molecule has 7 heteroatoms. The fourth-order valence-electron chi connectivity index (χ4n) is 2.36. The van der Waals surface area contributed by atoms with Gasteiger partial charge in [-0.3, -0.25) is 0 Å². The normalized spacial score (nSPS) is 12.0. The number of aromatic amines is 1. The van der Waals surface area contributed by atoms with Crippen molar-refractivity contribution in [2.75, 3.05) is 6.61 Å². The molecule has 27 heavy (non-hydrogen) atoms. The van der Waals surface area contributed by atoms with E-state index in [1.165, 1.54) is 6.08 Å². The molecule has 2 N–H and O–H groups in total. The number of imidazole rings is 1. The highest BCUT2D eigenvalue weighted by Gasteiger charge is 2.14. The predicted molar refractivity (Wildman–Crippen MR) is 105 cm³/mol. The molecule has 3 rings (SSSR count). The number of aliphatic hydroxyl groups excluding tert-OH is 1. The van der Waals surface area contributed by atoms with Crippen LogP contribution >= 0.6 is 15.9 Å². The van der Waals surface area contributed by atoms with Crippen LogP contribution in [0.15, 0.2) is 64.8 Å². The van der Waals surface area contributed by atoms with Gasteiger partial charge in [0.25, 0.3) is 0 Å². The van der Waals surface area contributed by atoms with Gasteiger partial charge in [-0.15, -0.1) is 0 Å². The van der Waals surface area contributed by atoms with Gasteiger partial charge in [0.1, 0.15) is 18.2 Å². The Balaban J connectivity index is 1.69. The summed E-state index contributed by atoms with van der Waals surface area (Å²) in [6, 6.07) is 16.5. The van der Waals surface area contributed by atoms with Gasteiger partial charge in [0.2, 0.25) is 0 Å². The fraction of sp³-hybridized carbons (Fsp3) is 0.0500. The lowest BCUT2D eigenvalue weighted by Gasteiger charge is -2.03. The molecule has 0 unspecified atom stereocenters. The number of hydrogen-bond donors (Lipinski definition) is 2. The number of H-pyrrole nitrogens is 1. The van der Waals surface area contributed by atoms with E-state index < -0.39 is 12.6 Å². The summed E-state index contributed by atoms with van der Waals surface area (Å²) in [5, 5.41) is 19.5. The highest BCUT2D eigenvalue weighted by Crippen LogP contribution is 2.19. The minimum absolute atomic E-state index is 0.0741. The second-order valence-electron chi connectivity index (χ2n) is 5.53. The van der Waals surface area contributed by atoms with Crippen molar-refractivity contribution in [1.82, 2.24) is 9.97 Å². The van der Waals surface area contributed by atoms with E-state index in [1.807, 2.05) is 48.5 Å². The van der Waals surface area contributed by atoms with Crippen molar-refractivity contribution in [3.8, 4) is 6.07 Å². The van der Waals surface area contributed by atoms with Gasteiger partial charge in [0, 0.05) is 10.5 Å². The maximum absolute atomic E-state index is 11.8. The third kappa shape index (κ3) is 4.63. The lowest BCUT2D eigenvalue weighted by Crippen LogP contribution is -2.06. The summed E-state index contributed by atoms with van der Waals surface area (Å²) in [5.74, 6) is -0.791. The number of carbonyl (C=O) groups is 1. The van der Waals surface area contributed by atoms with E-state index in [1.54, 1.807) is 12.1 Å². The number of esters is 1. The van der Waals surface area contributed by atoms with Crippen LogP contribution in [-0.2, 0) is 9.53 Å². The second kappa shape index (κ2) is 8.34. The maximum atomic E-state index is 11.8. The molecule has 134 valence electrons. The summed E-state index contributed by atoms with van der Waals surface area (Å²) in [6.07, 6.45) is 2.85. The topological polar surface area (TPSA) is 99.0 Å². The quantitative estimate of drug-likeness (QED) is 0.274. The SMILES string of the molecule is N#C/C(=C(/O)COC(=O)C=Cc1cccc(Br)c1)c1nc2ccccc2[nH]1. The molecule has 2 aromatic carbocycles. The smallest absolute Gasteiger partial charge is 0.331 e. The summed E-state index contributed by atoms with van der Waals surface area (Å²) in [5.41, 5.74) is 2.15. The number of carbonyl (C=O) groups excluding carboxylic acids is 1. The standard InChI is InChI=1S/C20H14BrN3O3/c21-14-5-3-4-13(10-14)8-9-19(26)27-12-18(25)15(11-22)20-23-16-6-1-2-7-17(16)24-20/h1-10,25H,12H2,(H,23,24)/b9-8?,18-15-. The molecule has 0 aliphatic carbocycles. The van der Waals surface area contributed by atoms with Gasteiger partial charge in [-0.05, 0) is 35.9 Å². The Morgan fingerprint density at radius 2 is 2.11 bits per heavy atom. The lowest BCUT2D eigenvalue weighted by atomic mass is 10.2. The molecule has 0 bridgehead atoms. The van der Waals surface area contributed by atoms with E-state index in [9.17, 15) is 15.2 Å². The molecule has 0 spiro atoms. The van der Waals surface area contributed by atoms with Crippen LogP contribution in [0.3, 0.4) is 0 Å². The Hall–Kier alpha value is -3.37. The zero-order valence-electron chi connectivity index (χ0n) is 14.0. The predicted octanol–water partition coefficient (Wildman–Crippen LogP) is 4.37. The van der Waals surface area contributed by atoms with Crippen LogP contribution in [0.4, 0.5) is 0 Å². The van der Waals surface area contributed by atoms with Crippen LogP contribution in [0.5, 0.6) is 0 Å². The van der Waals surface area contributed by atoms with Crippen molar-refractivity contribution in [3.63, 3.8) is 0 Å². The molecule has 0 amide bonds. The third-order valence-corrected chi connectivity index (χ3v) is 4.13. The van der Waals surface area contributed by atoms with Gasteiger partial charge in [-0.2, -0.15) is 5.26 Å². The van der Waals surface area contributed by atoms with Crippen LogP contribution in [0.25, 0.3) is 22.7 Å². The summed E-state index contributed by atoms with van der Waals surface area (Å²) >= 11 is 3.35. The Bertz CT molecular complexity index is 1060. The Labute approximate surface area is 163 Å². The number of aliphatic hydroxyl groups is 1. The molecule has 3 aromatic rings. The average Bonchev–Trinajstić information content (AvgIpc) is 3.09. The number of benzene rings is 2. The molecule has 1 aromatic heterocycles. The number of nitrogens with zero attached hydrogens (tertiary/aromatic N) is 2. The number of allylic oxidation sites excluding steroid dienone is 1. The molecule has 1 heterocycles. The monoisotopic (exact) mass is 423 g/mol. The summed E-state index contributed by atoms with van der Waals surface area (Å²) in [4.78, 5) is 19.1. The van der Waals surface area contributed by atoms with Crippen molar-refractivity contribution in [3.05, 3.63) is 76.2 Å². The van der Waals surface area contributed by atoms with Crippen LogP contribution in [0, 0.1) is 11.3 Å². The number of nitriles is 1. The van der Waals surface area contributed by atoms with Crippen molar-refractivity contribution in [2.24, 2.45) is 0 Å². The van der Waals surface area contributed by atoms with Crippen molar-refractivity contribution < 1.29 is 14.6 Å². The number of fused-ring (bicyclic) bond motifs is 1. The first-order valence-electron chi connectivity index (χ1n) is 7.94. The number of rotatable bonds is 5. The molecular formula is C20H14BrN3O3. The Kier molecular flexibility index (Phi) is 5.69. The van der Waals surface area contributed by atoms with Crippen LogP contribution in [0.1, 0.15) is 11.4 Å². The molecule has 0 fully saturated rings. The lowest BCUT2D eigenvalue weighted by molar-refractivity contribution is -0.137. The largest absolute Gasteiger partial charge is 0.507 e. The fourth-order valence-corrected chi connectivity index (χ4v) is 2.78. The Morgan fingerprint density at radius 3 is 2.85 bits per heavy atom. The van der Waals surface area contributed by atoms with Crippen LogP contribution in [0.2, 0.25) is 0 Å². The highest BCUT2D eigenvalue weighted by atomic mass is 79.9. The second-order valence-corrected chi connectivity index (χ2v) is 6.45. The molecule has 6 nitrogen and oxygen atoms in total. The summed E-state index contributed by atoms with van der Waals surface area (Å²) < 4.78 is 5.89. The third-order valence-electron chi connectivity index (χ3n) is 3.64. The molecule has 0 aliphatic heterocycles. The van der Waals surface area contributed by atoms with Gasteiger partial charge in [-0.1, -0.05) is 40.2 Å². The number of ether oxygens (including phenoxy) is 1. The minimum atomic E-state index is -0.636. The number of aromatic nitrogens is 2. The number of hydrogen-bond acceptors (Lipinski definition) is 5. The molecule has 0 saturated carbocycles. The summed E-state index contributed by atoms with van der Waals surface area (Å²) in [6.45, 7) is -0.429. The highest BCUT2D eigenvalue weighted by molar-refractivity contribution is 9.10. The van der Waals surface area contributed by atoms with Crippen LogP contribution < -0.4 is 0 Å². The van der Waals surface area contributed by atoms with Gasteiger partial charge < -0.3 is 14.8 Å². The van der Waals surface area contributed by atoms with Crippen molar-refractivity contribution in [1.29, 1.82) is 5.26 Å². The van der Waals surface area contributed by atoms with Gasteiger partial charge >= 0.3 is 5.97 Å². The number of halogens is 1. The summed E-state index contributed by atoms with van der Waals surface area (Å²) in [7, 11) is 0. The van der Waals surface area contributed by atoms with Gasteiger partial charge in [0.15, 0.2) is 11.6 Å². The molecule has 0 saturated heterocycles. The van der Waals surface area contributed by atoms with Crippen molar-refractivity contribution >= 4 is 44.6 Å².